The Balaban J connectivity index is 2.08. The highest BCUT2D eigenvalue weighted by molar-refractivity contribution is 7.98. The van der Waals surface area contributed by atoms with Gasteiger partial charge in [-0.1, -0.05) is 12.1 Å². The standard InChI is InChI=1S/C16H16N2OS/c1-19-16-9-13(10-17)5-8-15(16)18-11-12-3-6-14(20-2)7-4-12/h3-9,18H,11H2,1-2H3. The molecule has 0 bridgehead atoms. The fourth-order valence-electron chi connectivity index (χ4n) is 1.85. The lowest BCUT2D eigenvalue weighted by atomic mass is 10.2. The molecule has 0 aromatic heterocycles. The average Bonchev–Trinajstić information content (AvgIpc) is 2.53. The molecular weight excluding hydrogens is 268 g/mol. The molecule has 0 atom stereocenters. The zero-order valence-electron chi connectivity index (χ0n) is 11.5. The third-order valence-corrected chi connectivity index (χ3v) is 3.72. The quantitative estimate of drug-likeness (QED) is 0.846. The van der Waals surface area contributed by atoms with E-state index in [0.29, 0.717) is 11.3 Å². The van der Waals surface area contributed by atoms with Crippen LogP contribution in [0.25, 0.3) is 0 Å². The molecule has 3 nitrogen and oxygen atoms in total. The van der Waals surface area contributed by atoms with Gasteiger partial charge in [-0.2, -0.15) is 5.26 Å². The highest BCUT2D eigenvalue weighted by Gasteiger charge is 2.04. The van der Waals surface area contributed by atoms with Crippen LogP contribution in [0.15, 0.2) is 47.4 Å². The molecule has 102 valence electrons. The summed E-state index contributed by atoms with van der Waals surface area (Å²) in [7, 11) is 1.61. The van der Waals surface area contributed by atoms with Crippen LogP contribution in [0.1, 0.15) is 11.1 Å². The Kier molecular flexibility index (Phi) is 4.91. The number of nitriles is 1. The zero-order chi connectivity index (χ0) is 14.4. The van der Waals surface area contributed by atoms with E-state index in [4.69, 9.17) is 10.00 Å². The van der Waals surface area contributed by atoms with Crippen molar-refractivity contribution in [2.24, 2.45) is 0 Å². The molecule has 20 heavy (non-hydrogen) atoms. The molecule has 0 fully saturated rings. The molecule has 0 saturated heterocycles. The number of methoxy groups -OCH3 is 1. The lowest BCUT2D eigenvalue weighted by Gasteiger charge is -2.11. The van der Waals surface area contributed by atoms with Gasteiger partial charge in [0, 0.05) is 17.5 Å². The topological polar surface area (TPSA) is 45.0 Å². The first-order chi connectivity index (χ1) is 9.76. The molecule has 2 rings (SSSR count). The van der Waals surface area contributed by atoms with Crippen LogP contribution in [0.4, 0.5) is 5.69 Å². The summed E-state index contributed by atoms with van der Waals surface area (Å²) in [6.45, 7) is 0.719. The third kappa shape index (κ3) is 3.46. The van der Waals surface area contributed by atoms with Gasteiger partial charge in [0.15, 0.2) is 0 Å². The van der Waals surface area contributed by atoms with Crippen LogP contribution in [0, 0.1) is 11.3 Å². The Morgan fingerprint density at radius 2 is 1.95 bits per heavy atom. The lowest BCUT2D eigenvalue weighted by molar-refractivity contribution is 0.416. The molecule has 0 radical (unpaired) electrons. The summed E-state index contributed by atoms with van der Waals surface area (Å²) in [5.41, 5.74) is 2.69. The molecule has 1 N–H and O–H groups in total. The van der Waals surface area contributed by atoms with E-state index in [0.717, 1.165) is 12.2 Å². The largest absolute Gasteiger partial charge is 0.495 e. The first kappa shape index (κ1) is 14.3. The van der Waals surface area contributed by atoms with E-state index in [9.17, 15) is 0 Å². The van der Waals surface area contributed by atoms with Gasteiger partial charge in [0.25, 0.3) is 0 Å². The molecule has 2 aromatic carbocycles. The Bertz CT molecular complexity index is 617. The number of nitrogens with zero attached hydrogens (tertiary/aromatic N) is 1. The maximum atomic E-state index is 8.88. The minimum atomic E-state index is 0.594. The van der Waals surface area contributed by atoms with Crippen LogP contribution in [0.3, 0.4) is 0 Å². The number of benzene rings is 2. The van der Waals surface area contributed by atoms with E-state index in [1.54, 1.807) is 31.0 Å². The van der Waals surface area contributed by atoms with Gasteiger partial charge >= 0.3 is 0 Å². The first-order valence-electron chi connectivity index (χ1n) is 6.21. The monoisotopic (exact) mass is 284 g/mol. The first-order valence-corrected chi connectivity index (χ1v) is 7.44. The van der Waals surface area contributed by atoms with Crippen molar-refractivity contribution < 1.29 is 4.74 Å². The molecule has 0 saturated carbocycles. The summed E-state index contributed by atoms with van der Waals surface area (Å²) in [5, 5.41) is 12.2. The maximum absolute atomic E-state index is 8.88. The van der Waals surface area contributed by atoms with Crippen LogP contribution in [-0.4, -0.2) is 13.4 Å². The second-order valence-corrected chi connectivity index (χ2v) is 5.11. The number of thioether (sulfide) groups is 1. The number of ether oxygens (including phenoxy) is 1. The summed E-state index contributed by atoms with van der Waals surface area (Å²) in [6.07, 6.45) is 2.06. The molecule has 0 amide bonds. The van der Waals surface area contributed by atoms with E-state index < -0.39 is 0 Å². The Hall–Kier alpha value is -2.12. The zero-order valence-corrected chi connectivity index (χ0v) is 12.3. The van der Waals surface area contributed by atoms with Gasteiger partial charge in [0.1, 0.15) is 5.75 Å². The van der Waals surface area contributed by atoms with E-state index in [1.165, 1.54) is 10.5 Å². The molecule has 4 heteroatoms. The van der Waals surface area contributed by atoms with Gasteiger partial charge in [-0.3, -0.25) is 0 Å². The SMILES string of the molecule is COc1cc(C#N)ccc1NCc1ccc(SC)cc1. The van der Waals surface area contributed by atoms with Gasteiger partial charge in [-0.15, -0.1) is 11.8 Å². The average molecular weight is 284 g/mol. The van der Waals surface area contributed by atoms with Crippen LogP contribution in [-0.2, 0) is 6.54 Å². The number of hydrogen-bond donors (Lipinski definition) is 1. The van der Waals surface area contributed by atoms with Crippen molar-refractivity contribution in [1.29, 1.82) is 5.26 Å². The van der Waals surface area contributed by atoms with Crippen molar-refractivity contribution in [2.45, 2.75) is 11.4 Å². The van der Waals surface area contributed by atoms with Crippen LogP contribution < -0.4 is 10.1 Å². The Morgan fingerprint density at radius 3 is 2.55 bits per heavy atom. The summed E-state index contributed by atoms with van der Waals surface area (Å²) < 4.78 is 5.30. The summed E-state index contributed by atoms with van der Waals surface area (Å²) in [4.78, 5) is 1.25. The van der Waals surface area contributed by atoms with Crippen molar-refractivity contribution >= 4 is 17.4 Å². The second kappa shape index (κ2) is 6.88. The molecular formula is C16H16N2OS. The number of anilines is 1. The van der Waals surface area contributed by atoms with E-state index >= 15 is 0 Å². The summed E-state index contributed by atoms with van der Waals surface area (Å²) in [6, 6.07) is 15.9. The summed E-state index contributed by atoms with van der Waals surface area (Å²) >= 11 is 1.73. The smallest absolute Gasteiger partial charge is 0.143 e. The molecule has 0 spiro atoms. The molecule has 0 aliphatic heterocycles. The van der Waals surface area contributed by atoms with Crippen molar-refractivity contribution in [3.8, 4) is 11.8 Å². The predicted molar refractivity (Wildman–Crippen MR) is 83.3 cm³/mol. The third-order valence-electron chi connectivity index (χ3n) is 2.97. The lowest BCUT2D eigenvalue weighted by Crippen LogP contribution is -2.01. The number of nitrogens with one attached hydrogen (secondary N) is 1. The van der Waals surface area contributed by atoms with E-state index in [2.05, 4.69) is 41.9 Å². The van der Waals surface area contributed by atoms with Crippen LogP contribution in [0.2, 0.25) is 0 Å². The molecule has 0 unspecified atom stereocenters. The van der Waals surface area contributed by atoms with Crippen molar-refractivity contribution in [2.75, 3.05) is 18.7 Å². The minimum Gasteiger partial charge on any atom is -0.495 e. The van der Waals surface area contributed by atoms with Gasteiger partial charge in [-0.25, -0.2) is 0 Å². The van der Waals surface area contributed by atoms with Crippen molar-refractivity contribution in [1.82, 2.24) is 0 Å². The highest BCUT2D eigenvalue weighted by atomic mass is 32.2. The fraction of sp³-hybridized carbons (Fsp3) is 0.188. The molecule has 0 heterocycles. The fourth-order valence-corrected chi connectivity index (χ4v) is 2.26. The molecule has 0 aliphatic carbocycles. The number of hydrogen-bond acceptors (Lipinski definition) is 4. The van der Waals surface area contributed by atoms with Crippen LogP contribution >= 0.6 is 11.8 Å². The Labute approximate surface area is 123 Å². The van der Waals surface area contributed by atoms with Crippen LogP contribution in [0.5, 0.6) is 5.75 Å². The van der Waals surface area contributed by atoms with E-state index in [-0.39, 0.29) is 0 Å². The van der Waals surface area contributed by atoms with Gasteiger partial charge in [0.05, 0.1) is 24.4 Å². The second-order valence-electron chi connectivity index (χ2n) is 4.23. The predicted octanol–water partition coefficient (Wildman–Crippen LogP) is 3.90. The van der Waals surface area contributed by atoms with Gasteiger partial charge in [0.2, 0.25) is 0 Å². The normalized spacial score (nSPS) is 9.85. The van der Waals surface area contributed by atoms with E-state index in [1.807, 2.05) is 6.07 Å². The number of rotatable bonds is 5. The minimum absolute atomic E-state index is 0.594. The van der Waals surface area contributed by atoms with Crippen molar-refractivity contribution in [3.63, 3.8) is 0 Å². The van der Waals surface area contributed by atoms with Gasteiger partial charge < -0.3 is 10.1 Å². The van der Waals surface area contributed by atoms with Gasteiger partial charge in [-0.05, 0) is 36.1 Å². The summed E-state index contributed by atoms with van der Waals surface area (Å²) in [5.74, 6) is 0.685. The van der Waals surface area contributed by atoms with Crippen molar-refractivity contribution in [3.05, 3.63) is 53.6 Å². The highest BCUT2D eigenvalue weighted by Crippen LogP contribution is 2.26. The Morgan fingerprint density at radius 1 is 1.20 bits per heavy atom. The molecule has 2 aromatic rings. The molecule has 0 aliphatic rings. The maximum Gasteiger partial charge on any atom is 0.143 e.